The zero-order chi connectivity index (χ0) is 16.2. The van der Waals surface area contributed by atoms with Gasteiger partial charge < -0.3 is 15.5 Å². The second-order valence-electron chi connectivity index (χ2n) is 6.64. The van der Waals surface area contributed by atoms with Gasteiger partial charge >= 0.3 is 0 Å². The molecule has 0 radical (unpaired) electrons. The van der Waals surface area contributed by atoms with Crippen LogP contribution in [0, 0.1) is 12.8 Å². The van der Waals surface area contributed by atoms with E-state index in [4.69, 9.17) is 0 Å². The largest absolute Gasteiger partial charge is 0.356 e. The fourth-order valence-corrected chi connectivity index (χ4v) is 4.01. The Bertz CT molecular complexity index is 560. The van der Waals surface area contributed by atoms with Gasteiger partial charge in [0.05, 0.1) is 6.04 Å². The molecule has 3 rings (SSSR count). The number of pyridine rings is 1. The molecule has 6 heteroatoms. The number of carbonyl (C=O) groups excluding carboxylic acids is 1. The molecule has 0 spiro atoms. The van der Waals surface area contributed by atoms with Gasteiger partial charge in [-0.2, -0.15) is 0 Å². The molecule has 1 amide bonds. The third kappa shape index (κ3) is 4.23. The molecule has 0 bridgehead atoms. The summed E-state index contributed by atoms with van der Waals surface area (Å²) in [6.45, 7) is 5.84. The number of hydrogen-bond acceptors (Lipinski definition) is 4. The number of anilines is 1. The highest BCUT2D eigenvalue weighted by atomic mass is 79.9. The Morgan fingerprint density at radius 3 is 3.09 bits per heavy atom. The number of amides is 1. The fraction of sp³-hybridized carbons (Fsp3) is 0.647. The summed E-state index contributed by atoms with van der Waals surface area (Å²) in [5.41, 5.74) is 1.19. The zero-order valence-corrected chi connectivity index (χ0v) is 15.2. The van der Waals surface area contributed by atoms with Crippen LogP contribution in [-0.4, -0.2) is 43.1 Å². The minimum atomic E-state index is 0.0186. The van der Waals surface area contributed by atoms with E-state index in [1.165, 1.54) is 12.0 Å². The SMILES string of the molecule is Cc1cc(Br)cnc1N1CCCC(CNC(=O)C2CCCN2)C1. The predicted molar refractivity (Wildman–Crippen MR) is 95.6 cm³/mol. The molecule has 0 aliphatic carbocycles. The average molecular weight is 381 g/mol. The van der Waals surface area contributed by atoms with Crippen LogP contribution in [0.1, 0.15) is 31.2 Å². The summed E-state index contributed by atoms with van der Waals surface area (Å²) < 4.78 is 1.02. The van der Waals surface area contributed by atoms with Crippen molar-refractivity contribution in [3.8, 4) is 0 Å². The molecule has 2 N–H and O–H groups in total. The number of carbonyl (C=O) groups is 1. The van der Waals surface area contributed by atoms with E-state index in [1.807, 2.05) is 6.20 Å². The highest BCUT2D eigenvalue weighted by Gasteiger charge is 2.25. The van der Waals surface area contributed by atoms with E-state index >= 15 is 0 Å². The van der Waals surface area contributed by atoms with Crippen LogP contribution in [0.25, 0.3) is 0 Å². The van der Waals surface area contributed by atoms with Gasteiger partial charge in [-0.25, -0.2) is 4.98 Å². The third-order valence-electron chi connectivity index (χ3n) is 4.78. The second kappa shape index (κ2) is 7.62. The maximum atomic E-state index is 12.1. The first-order valence-electron chi connectivity index (χ1n) is 8.51. The Balaban J connectivity index is 1.54. The van der Waals surface area contributed by atoms with Gasteiger partial charge in [-0.05, 0) is 72.6 Å². The van der Waals surface area contributed by atoms with Gasteiger partial charge in [-0.15, -0.1) is 0 Å². The maximum absolute atomic E-state index is 12.1. The standard InChI is InChI=1S/C17H25BrN4O/c1-12-8-14(18)10-20-16(12)22-7-3-4-13(11-22)9-21-17(23)15-5-2-6-19-15/h8,10,13,15,19H,2-7,9,11H2,1H3,(H,21,23). The summed E-state index contributed by atoms with van der Waals surface area (Å²) in [4.78, 5) is 19.1. The molecule has 1 aromatic heterocycles. The van der Waals surface area contributed by atoms with Gasteiger partial charge in [0.1, 0.15) is 5.82 Å². The van der Waals surface area contributed by atoms with Gasteiger partial charge in [0, 0.05) is 30.3 Å². The molecule has 2 fully saturated rings. The van der Waals surface area contributed by atoms with Crippen LogP contribution in [-0.2, 0) is 4.79 Å². The monoisotopic (exact) mass is 380 g/mol. The zero-order valence-electron chi connectivity index (χ0n) is 13.6. The molecule has 2 aliphatic heterocycles. The number of halogens is 1. The van der Waals surface area contributed by atoms with E-state index in [-0.39, 0.29) is 11.9 Å². The topological polar surface area (TPSA) is 57.3 Å². The van der Waals surface area contributed by atoms with Gasteiger partial charge in [0.25, 0.3) is 0 Å². The van der Waals surface area contributed by atoms with Crippen molar-refractivity contribution in [2.24, 2.45) is 5.92 Å². The summed E-state index contributed by atoms with van der Waals surface area (Å²) >= 11 is 3.47. The Morgan fingerprint density at radius 1 is 1.48 bits per heavy atom. The Kier molecular flexibility index (Phi) is 5.54. The van der Waals surface area contributed by atoms with E-state index in [9.17, 15) is 4.79 Å². The number of aryl methyl sites for hydroxylation is 1. The quantitative estimate of drug-likeness (QED) is 0.840. The van der Waals surface area contributed by atoms with E-state index in [1.54, 1.807) is 0 Å². The maximum Gasteiger partial charge on any atom is 0.237 e. The molecule has 1 aromatic rings. The summed E-state index contributed by atoms with van der Waals surface area (Å²) in [5.74, 6) is 1.73. The van der Waals surface area contributed by atoms with Crippen molar-refractivity contribution in [2.75, 3.05) is 31.1 Å². The van der Waals surface area contributed by atoms with Crippen molar-refractivity contribution in [3.05, 3.63) is 22.3 Å². The van der Waals surface area contributed by atoms with Crippen LogP contribution in [0.4, 0.5) is 5.82 Å². The average Bonchev–Trinajstić information content (AvgIpc) is 3.07. The normalized spacial score (nSPS) is 24.7. The van der Waals surface area contributed by atoms with Gasteiger partial charge in [0.15, 0.2) is 0 Å². The number of nitrogens with one attached hydrogen (secondary N) is 2. The van der Waals surface area contributed by atoms with Gasteiger partial charge in [-0.3, -0.25) is 4.79 Å². The van der Waals surface area contributed by atoms with E-state index in [0.717, 1.165) is 55.7 Å². The molecule has 2 unspecified atom stereocenters. The highest BCUT2D eigenvalue weighted by Crippen LogP contribution is 2.25. The molecule has 2 saturated heterocycles. The summed E-state index contributed by atoms with van der Waals surface area (Å²) in [7, 11) is 0. The molecule has 23 heavy (non-hydrogen) atoms. The molecule has 3 heterocycles. The van der Waals surface area contributed by atoms with Gasteiger partial charge in [-0.1, -0.05) is 0 Å². The summed E-state index contributed by atoms with van der Waals surface area (Å²) in [5, 5.41) is 6.39. The predicted octanol–water partition coefficient (Wildman–Crippen LogP) is 2.24. The fourth-order valence-electron chi connectivity index (χ4n) is 3.56. The smallest absolute Gasteiger partial charge is 0.237 e. The van der Waals surface area contributed by atoms with Crippen molar-refractivity contribution in [1.82, 2.24) is 15.6 Å². The molecule has 5 nitrogen and oxygen atoms in total. The lowest BCUT2D eigenvalue weighted by Gasteiger charge is -2.34. The van der Waals surface area contributed by atoms with Crippen molar-refractivity contribution in [1.29, 1.82) is 0 Å². The lowest BCUT2D eigenvalue weighted by atomic mass is 9.97. The first kappa shape index (κ1) is 16.7. The van der Waals surface area contributed by atoms with Crippen LogP contribution in [0.3, 0.4) is 0 Å². The molecular formula is C17H25BrN4O. The van der Waals surface area contributed by atoms with Crippen LogP contribution in [0.15, 0.2) is 16.7 Å². The number of rotatable bonds is 4. The van der Waals surface area contributed by atoms with E-state index in [0.29, 0.717) is 5.92 Å². The minimum Gasteiger partial charge on any atom is -0.356 e. The Labute approximate surface area is 146 Å². The van der Waals surface area contributed by atoms with Crippen molar-refractivity contribution in [2.45, 2.75) is 38.6 Å². The summed E-state index contributed by atoms with van der Waals surface area (Å²) in [6, 6.07) is 2.13. The van der Waals surface area contributed by atoms with Crippen LogP contribution < -0.4 is 15.5 Å². The first-order valence-corrected chi connectivity index (χ1v) is 9.31. The summed E-state index contributed by atoms with van der Waals surface area (Å²) in [6.07, 6.45) is 6.25. The molecule has 2 aliphatic rings. The van der Waals surface area contributed by atoms with Crippen molar-refractivity contribution >= 4 is 27.7 Å². The van der Waals surface area contributed by atoms with Crippen LogP contribution in [0.5, 0.6) is 0 Å². The van der Waals surface area contributed by atoms with Crippen LogP contribution in [0.2, 0.25) is 0 Å². The molecule has 2 atom stereocenters. The number of piperidine rings is 1. The lowest BCUT2D eigenvalue weighted by Crippen LogP contribution is -2.45. The Hall–Kier alpha value is -1.14. The van der Waals surface area contributed by atoms with Crippen LogP contribution >= 0.6 is 15.9 Å². The van der Waals surface area contributed by atoms with Crippen molar-refractivity contribution in [3.63, 3.8) is 0 Å². The van der Waals surface area contributed by atoms with E-state index < -0.39 is 0 Å². The van der Waals surface area contributed by atoms with Crippen molar-refractivity contribution < 1.29 is 4.79 Å². The molecule has 0 saturated carbocycles. The molecular weight excluding hydrogens is 356 g/mol. The number of hydrogen-bond donors (Lipinski definition) is 2. The first-order chi connectivity index (χ1) is 11.1. The number of nitrogens with zero attached hydrogens (tertiary/aromatic N) is 2. The molecule has 0 aromatic carbocycles. The second-order valence-corrected chi connectivity index (χ2v) is 7.56. The van der Waals surface area contributed by atoms with E-state index in [2.05, 4.69) is 49.4 Å². The van der Waals surface area contributed by atoms with Gasteiger partial charge in [0.2, 0.25) is 5.91 Å². The number of aromatic nitrogens is 1. The Morgan fingerprint density at radius 2 is 2.35 bits per heavy atom. The minimum absolute atomic E-state index is 0.0186. The third-order valence-corrected chi connectivity index (χ3v) is 5.21. The lowest BCUT2D eigenvalue weighted by molar-refractivity contribution is -0.122. The molecule has 126 valence electrons. The highest BCUT2D eigenvalue weighted by molar-refractivity contribution is 9.10.